The molecule has 1 aromatic heterocycles. The highest BCUT2D eigenvalue weighted by Crippen LogP contribution is 2.42. The van der Waals surface area contributed by atoms with Crippen molar-refractivity contribution in [2.75, 3.05) is 0 Å². The third-order valence-corrected chi connectivity index (χ3v) is 6.39. The Morgan fingerprint density at radius 2 is 2.00 bits per heavy atom. The summed E-state index contributed by atoms with van der Waals surface area (Å²) >= 11 is 1.48. The molecule has 0 fully saturated rings. The maximum absolute atomic E-state index is 13.3. The molecule has 5 rings (SSSR count). The molecular formula is C22H20N4OS. The Balaban J connectivity index is 1.47. The molecule has 2 aromatic carbocycles. The molecule has 0 saturated carbocycles. The number of benzene rings is 2. The van der Waals surface area contributed by atoms with Crippen LogP contribution in [0.15, 0.2) is 58.6 Å². The number of amidine groups is 1. The van der Waals surface area contributed by atoms with Gasteiger partial charge >= 0.3 is 0 Å². The van der Waals surface area contributed by atoms with E-state index < -0.39 is 0 Å². The number of Topliss-reactive ketones (excluding diaryl/α,β-unsaturated/α-hetero) is 1. The molecule has 0 radical (unpaired) electrons. The van der Waals surface area contributed by atoms with Crippen LogP contribution in [-0.2, 0) is 0 Å². The molecule has 0 bridgehead atoms. The van der Waals surface area contributed by atoms with E-state index in [4.69, 9.17) is 4.99 Å². The number of carbonyl (C=O) groups excluding carboxylic acids is 1. The van der Waals surface area contributed by atoms with E-state index >= 15 is 0 Å². The van der Waals surface area contributed by atoms with Crippen LogP contribution in [0.4, 0.5) is 5.69 Å². The van der Waals surface area contributed by atoms with E-state index in [1.807, 2.05) is 67.5 Å². The third kappa shape index (κ3) is 2.67. The first-order valence-corrected chi connectivity index (χ1v) is 10.3. The Labute approximate surface area is 167 Å². The van der Waals surface area contributed by atoms with E-state index in [1.165, 1.54) is 17.3 Å². The average molecular weight is 388 g/mol. The molecule has 140 valence electrons. The van der Waals surface area contributed by atoms with Crippen molar-refractivity contribution in [3.8, 4) is 0 Å². The second kappa shape index (κ2) is 6.63. The van der Waals surface area contributed by atoms with Crippen LogP contribution < -0.4 is 0 Å². The first kappa shape index (κ1) is 17.3. The van der Waals surface area contributed by atoms with Crippen molar-refractivity contribution in [2.24, 2.45) is 10.1 Å². The molecule has 0 aliphatic carbocycles. The summed E-state index contributed by atoms with van der Waals surface area (Å²) in [6.45, 7) is 3.91. The zero-order valence-corrected chi connectivity index (χ0v) is 16.5. The Morgan fingerprint density at radius 1 is 1.21 bits per heavy atom. The lowest BCUT2D eigenvalue weighted by atomic mass is 10.0. The summed E-state index contributed by atoms with van der Waals surface area (Å²) in [7, 11) is 0. The summed E-state index contributed by atoms with van der Waals surface area (Å²) in [6, 6.07) is 16.3. The average Bonchev–Trinajstić information content (AvgIpc) is 3.31. The SMILES string of the molecule is Cc1[nH]c2ccccc2c1C(=O)[C@H](C)SC1=Nc2ccccc2[C@@H]2CC=NN12. The van der Waals surface area contributed by atoms with Crippen molar-refractivity contribution in [3.63, 3.8) is 0 Å². The number of aryl methyl sites for hydroxylation is 1. The number of aromatic nitrogens is 1. The highest BCUT2D eigenvalue weighted by Gasteiger charge is 2.34. The van der Waals surface area contributed by atoms with Crippen LogP contribution in [0.1, 0.15) is 41.0 Å². The van der Waals surface area contributed by atoms with Gasteiger partial charge < -0.3 is 4.98 Å². The van der Waals surface area contributed by atoms with Gasteiger partial charge in [0.1, 0.15) is 0 Å². The third-order valence-electron chi connectivity index (χ3n) is 5.33. The van der Waals surface area contributed by atoms with Gasteiger partial charge in [0.25, 0.3) is 0 Å². The zero-order valence-electron chi connectivity index (χ0n) is 15.7. The lowest BCUT2D eigenvalue weighted by molar-refractivity contribution is 0.0995. The van der Waals surface area contributed by atoms with Crippen LogP contribution >= 0.6 is 11.8 Å². The fraction of sp³-hybridized carbons (Fsp3) is 0.227. The fourth-order valence-corrected chi connectivity index (χ4v) is 4.95. The molecule has 2 atom stereocenters. The summed E-state index contributed by atoms with van der Waals surface area (Å²) in [4.78, 5) is 21.4. The second-order valence-corrected chi connectivity index (χ2v) is 8.45. The van der Waals surface area contributed by atoms with Crippen LogP contribution in [0, 0.1) is 6.92 Å². The number of hydrogen-bond acceptors (Lipinski definition) is 5. The minimum atomic E-state index is -0.265. The smallest absolute Gasteiger partial charge is 0.186 e. The fourth-order valence-electron chi connectivity index (χ4n) is 3.97. The maximum Gasteiger partial charge on any atom is 0.186 e. The number of hydrazone groups is 1. The largest absolute Gasteiger partial charge is 0.358 e. The highest BCUT2D eigenvalue weighted by atomic mass is 32.2. The molecule has 5 nitrogen and oxygen atoms in total. The van der Waals surface area contributed by atoms with Gasteiger partial charge in [0.15, 0.2) is 11.0 Å². The van der Waals surface area contributed by atoms with Gasteiger partial charge in [-0.1, -0.05) is 48.2 Å². The number of para-hydroxylation sites is 2. The molecular weight excluding hydrogens is 368 g/mol. The quantitative estimate of drug-likeness (QED) is 0.626. The molecule has 2 aliphatic rings. The van der Waals surface area contributed by atoms with Gasteiger partial charge in [-0.2, -0.15) is 5.10 Å². The van der Waals surface area contributed by atoms with Crippen LogP contribution in [-0.4, -0.2) is 32.4 Å². The van der Waals surface area contributed by atoms with Crippen molar-refractivity contribution in [2.45, 2.75) is 31.6 Å². The van der Waals surface area contributed by atoms with Crippen LogP contribution in [0.2, 0.25) is 0 Å². The van der Waals surface area contributed by atoms with Crippen LogP contribution in [0.3, 0.4) is 0 Å². The molecule has 0 spiro atoms. The van der Waals surface area contributed by atoms with E-state index in [2.05, 4.69) is 16.2 Å². The normalized spacial score (nSPS) is 18.7. The number of ketones is 1. The molecule has 28 heavy (non-hydrogen) atoms. The molecule has 0 saturated heterocycles. The Bertz CT molecular complexity index is 1150. The predicted molar refractivity (Wildman–Crippen MR) is 116 cm³/mol. The number of fused-ring (bicyclic) bond motifs is 4. The standard InChI is InChI=1S/C22H20N4OS/c1-13-20(16-8-4-6-10-18(16)24-13)21(27)14(2)28-22-25-17-9-5-3-7-15(17)19-11-12-23-26(19)22/h3-10,12,14,19,24H,11H2,1-2H3/t14-,19-/m0/s1. The van der Waals surface area contributed by atoms with E-state index in [1.54, 1.807) is 0 Å². The van der Waals surface area contributed by atoms with Gasteiger partial charge in [0.05, 0.1) is 17.0 Å². The Morgan fingerprint density at radius 3 is 2.89 bits per heavy atom. The highest BCUT2D eigenvalue weighted by molar-refractivity contribution is 8.14. The molecule has 0 amide bonds. The monoisotopic (exact) mass is 388 g/mol. The van der Waals surface area contributed by atoms with E-state index in [-0.39, 0.29) is 17.1 Å². The minimum absolute atomic E-state index is 0.112. The summed E-state index contributed by atoms with van der Waals surface area (Å²) in [5.74, 6) is 0.112. The Hall–Kier alpha value is -2.86. The minimum Gasteiger partial charge on any atom is -0.358 e. The van der Waals surface area contributed by atoms with E-state index in [0.717, 1.165) is 39.4 Å². The lowest BCUT2D eigenvalue weighted by Crippen LogP contribution is -2.30. The molecule has 3 aromatic rings. The van der Waals surface area contributed by atoms with Gasteiger partial charge in [-0.15, -0.1) is 0 Å². The molecule has 0 unspecified atom stereocenters. The predicted octanol–water partition coefficient (Wildman–Crippen LogP) is 5.21. The molecule has 3 heterocycles. The van der Waals surface area contributed by atoms with Crippen LogP contribution in [0.25, 0.3) is 10.9 Å². The van der Waals surface area contributed by atoms with Crippen molar-refractivity contribution in [1.29, 1.82) is 0 Å². The summed E-state index contributed by atoms with van der Waals surface area (Å²) in [6.07, 6.45) is 2.79. The van der Waals surface area contributed by atoms with E-state index in [0.29, 0.717) is 0 Å². The van der Waals surface area contributed by atoms with Gasteiger partial charge in [0, 0.05) is 40.4 Å². The number of nitrogens with one attached hydrogen (secondary N) is 1. The number of nitrogens with zero attached hydrogens (tertiary/aromatic N) is 3. The van der Waals surface area contributed by atoms with Crippen molar-refractivity contribution in [1.82, 2.24) is 9.99 Å². The number of rotatable bonds is 3. The molecule has 2 aliphatic heterocycles. The van der Waals surface area contributed by atoms with Gasteiger partial charge in [0.2, 0.25) is 0 Å². The number of aliphatic imine (C=N–C) groups is 1. The van der Waals surface area contributed by atoms with E-state index in [9.17, 15) is 4.79 Å². The number of hydrogen-bond donors (Lipinski definition) is 1. The second-order valence-electron chi connectivity index (χ2n) is 7.14. The maximum atomic E-state index is 13.3. The number of H-pyrrole nitrogens is 1. The Kier molecular flexibility index (Phi) is 4.09. The van der Waals surface area contributed by atoms with Crippen molar-refractivity contribution >= 4 is 45.5 Å². The lowest BCUT2D eigenvalue weighted by Gasteiger charge is -2.30. The first-order valence-electron chi connectivity index (χ1n) is 9.41. The number of aromatic amines is 1. The van der Waals surface area contributed by atoms with Crippen LogP contribution in [0.5, 0.6) is 0 Å². The zero-order chi connectivity index (χ0) is 19.3. The van der Waals surface area contributed by atoms with Crippen molar-refractivity contribution in [3.05, 3.63) is 65.4 Å². The molecule has 6 heteroatoms. The summed E-state index contributed by atoms with van der Waals surface area (Å²) in [5, 5.41) is 7.98. The summed E-state index contributed by atoms with van der Waals surface area (Å²) < 4.78 is 0. The van der Waals surface area contributed by atoms with Gasteiger partial charge in [-0.3, -0.25) is 4.79 Å². The summed E-state index contributed by atoms with van der Waals surface area (Å²) in [5.41, 5.74) is 4.84. The number of thioether (sulfide) groups is 1. The first-order chi connectivity index (χ1) is 13.6. The number of carbonyl (C=O) groups is 1. The van der Waals surface area contributed by atoms with Gasteiger partial charge in [-0.25, -0.2) is 10.0 Å². The topological polar surface area (TPSA) is 60.8 Å². The van der Waals surface area contributed by atoms with Gasteiger partial charge in [-0.05, 0) is 26.0 Å². The van der Waals surface area contributed by atoms with Crippen molar-refractivity contribution < 1.29 is 4.79 Å². The molecule has 1 N–H and O–H groups in total.